The number of hydrogen-bond acceptors (Lipinski definition) is 2. The van der Waals surface area contributed by atoms with E-state index in [4.69, 9.17) is 0 Å². The fourth-order valence-electron chi connectivity index (χ4n) is 2.36. The second-order valence-corrected chi connectivity index (χ2v) is 5.22. The molecule has 2 unspecified atom stereocenters. The minimum absolute atomic E-state index is 0.670. The van der Waals surface area contributed by atoms with Gasteiger partial charge in [0.25, 0.3) is 0 Å². The van der Waals surface area contributed by atoms with Crippen molar-refractivity contribution < 1.29 is 0 Å². The Hall–Kier alpha value is -0.0800. The Bertz CT molecular complexity index is 156. The van der Waals surface area contributed by atoms with Crippen molar-refractivity contribution >= 4 is 0 Å². The third-order valence-corrected chi connectivity index (χ3v) is 3.20. The topological polar surface area (TPSA) is 15.3 Å². The second kappa shape index (κ2) is 5.72. The smallest absolute Gasteiger partial charge is 0.0218 e. The zero-order chi connectivity index (χ0) is 10.6. The van der Waals surface area contributed by atoms with Gasteiger partial charge < -0.3 is 10.2 Å². The number of likely N-dealkylation sites (N-methyl/N-ethyl adjacent to an activating group) is 1. The Morgan fingerprint density at radius 1 is 1.36 bits per heavy atom. The minimum atomic E-state index is 0.670. The van der Waals surface area contributed by atoms with Gasteiger partial charge in [0.15, 0.2) is 0 Å². The van der Waals surface area contributed by atoms with Crippen LogP contribution in [0.3, 0.4) is 0 Å². The van der Waals surface area contributed by atoms with E-state index >= 15 is 0 Å². The summed E-state index contributed by atoms with van der Waals surface area (Å²) in [5, 5.41) is 3.64. The first-order chi connectivity index (χ1) is 6.59. The summed E-state index contributed by atoms with van der Waals surface area (Å²) in [6.45, 7) is 9.34. The molecule has 2 heteroatoms. The van der Waals surface area contributed by atoms with Crippen molar-refractivity contribution in [3.8, 4) is 0 Å². The predicted octanol–water partition coefficient (Wildman–Crippen LogP) is 2.10. The highest BCUT2D eigenvalue weighted by molar-refractivity contribution is 4.79. The molecular formula is C12H26N2. The molecule has 2 atom stereocenters. The molecule has 1 aliphatic rings. The largest absolute Gasteiger partial charge is 0.313 e. The highest BCUT2D eigenvalue weighted by atomic mass is 15.2. The molecule has 84 valence electrons. The van der Waals surface area contributed by atoms with Crippen LogP contribution in [0.25, 0.3) is 0 Å². The highest BCUT2D eigenvalue weighted by Gasteiger charge is 2.20. The Labute approximate surface area is 89.1 Å². The van der Waals surface area contributed by atoms with Crippen molar-refractivity contribution in [3.05, 3.63) is 0 Å². The van der Waals surface area contributed by atoms with Crippen LogP contribution in [0.1, 0.15) is 40.0 Å². The summed E-state index contributed by atoms with van der Waals surface area (Å²) in [5.41, 5.74) is 0. The zero-order valence-electron chi connectivity index (χ0n) is 10.2. The summed E-state index contributed by atoms with van der Waals surface area (Å²) in [4.78, 5) is 2.48. The van der Waals surface area contributed by atoms with E-state index in [1.807, 2.05) is 0 Å². The monoisotopic (exact) mass is 198 g/mol. The number of nitrogens with one attached hydrogen (secondary N) is 1. The highest BCUT2D eigenvalue weighted by Crippen LogP contribution is 2.14. The van der Waals surface area contributed by atoms with E-state index < -0.39 is 0 Å². The third-order valence-electron chi connectivity index (χ3n) is 3.20. The van der Waals surface area contributed by atoms with Crippen LogP contribution in [0.2, 0.25) is 0 Å². The van der Waals surface area contributed by atoms with Gasteiger partial charge >= 0.3 is 0 Å². The average Bonchev–Trinajstić information content (AvgIpc) is 2.46. The van der Waals surface area contributed by atoms with Gasteiger partial charge in [-0.1, -0.05) is 13.8 Å². The Morgan fingerprint density at radius 2 is 2.07 bits per heavy atom. The van der Waals surface area contributed by atoms with E-state index in [1.54, 1.807) is 0 Å². The third kappa shape index (κ3) is 3.97. The lowest BCUT2D eigenvalue weighted by atomic mass is 10.0. The lowest BCUT2D eigenvalue weighted by Gasteiger charge is -2.23. The van der Waals surface area contributed by atoms with Crippen LogP contribution < -0.4 is 5.32 Å². The van der Waals surface area contributed by atoms with Crippen molar-refractivity contribution in [2.45, 2.75) is 52.1 Å². The average molecular weight is 198 g/mol. The Kier molecular flexibility index (Phi) is 4.90. The van der Waals surface area contributed by atoms with E-state index in [2.05, 4.69) is 38.0 Å². The fraction of sp³-hybridized carbons (Fsp3) is 1.00. The maximum atomic E-state index is 3.64. The summed E-state index contributed by atoms with van der Waals surface area (Å²) < 4.78 is 0. The molecule has 0 aromatic carbocycles. The van der Waals surface area contributed by atoms with Gasteiger partial charge in [0.1, 0.15) is 0 Å². The molecule has 0 aromatic heterocycles. The van der Waals surface area contributed by atoms with Gasteiger partial charge in [-0.05, 0) is 45.7 Å². The molecule has 1 saturated heterocycles. The number of nitrogens with zero attached hydrogens (tertiary/aromatic N) is 1. The van der Waals surface area contributed by atoms with Gasteiger partial charge in [-0.25, -0.2) is 0 Å². The molecule has 1 rings (SSSR count). The zero-order valence-corrected chi connectivity index (χ0v) is 10.2. The molecule has 14 heavy (non-hydrogen) atoms. The van der Waals surface area contributed by atoms with Gasteiger partial charge in [0.05, 0.1) is 0 Å². The van der Waals surface area contributed by atoms with Crippen molar-refractivity contribution in [1.82, 2.24) is 10.2 Å². The molecule has 2 nitrogen and oxygen atoms in total. The molecule has 1 heterocycles. The summed E-state index contributed by atoms with van der Waals surface area (Å²) >= 11 is 0. The number of rotatable bonds is 5. The number of likely N-dealkylation sites (tertiary alicyclic amines) is 1. The summed E-state index contributed by atoms with van der Waals surface area (Å²) in [5.74, 6) is 0.804. The van der Waals surface area contributed by atoms with Crippen LogP contribution in [-0.2, 0) is 0 Å². The molecule has 1 aliphatic heterocycles. The molecule has 0 spiro atoms. The first kappa shape index (κ1) is 12.0. The summed E-state index contributed by atoms with van der Waals surface area (Å²) in [7, 11) is 2.24. The van der Waals surface area contributed by atoms with Gasteiger partial charge in [-0.15, -0.1) is 0 Å². The van der Waals surface area contributed by atoms with Crippen LogP contribution in [0.4, 0.5) is 0 Å². The Morgan fingerprint density at radius 3 is 2.57 bits per heavy atom. The fourth-order valence-corrected chi connectivity index (χ4v) is 2.36. The Balaban J connectivity index is 2.13. The first-order valence-corrected chi connectivity index (χ1v) is 6.03. The standard InChI is InChI=1S/C12H26N2/c1-10(2)8-11(3)13-9-12-6-5-7-14(12)4/h10-13H,5-9H2,1-4H3. The van der Waals surface area contributed by atoms with Crippen molar-refractivity contribution in [2.75, 3.05) is 20.1 Å². The maximum absolute atomic E-state index is 3.64. The molecule has 0 aromatic rings. The number of hydrogen-bond donors (Lipinski definition) is 1. The van der Waals surface area contributed by atoms with Crippen LogP contribution >= 0.6 is 0 Å². The summed E-state index contributed by atoms with van der Waals surface area (Å²) in [6, 6.07) is 1.45. The molecular weight excluding hydrogens is 172 g/mol. The van der Waals surface area contributed by atoms with E-state index in [0.717, 1.165) is 12.0 Å². The van der Waals surface area contributed by atoms with E-state index in [-0.39, 0.29) is 0 Å². The lowest BCUT2D eigenvalue weighted by Crippen LogP contribution is -2.39. The molecule has 0 saturated carbocycles. The first-order valence-electron chi connectivity index (χ1n) is 6.03. The van der Waals surface area contributed by atoms with E-state index in [1.165, 1.54) is 32.4 Å². The van der Waals surface area contributed by atoms with Gasteiger partial charge in [0.2, 0.25) is 0 Å². The molecule has 0 amide bonds. The summed E-state index contributed by atoms with van der Waals surface area (Å²) in [6.07, 6.45) is 4.04. The quantitative estimate of drug-likeness (QED) is 0.728. The SMILES string of the molecule is CC(C)CC(C)NCC1CCCN1C. The molecule has 0 aliphatic carbocycles. The van der Waals surface area contributed by atoms with Crippen LogP contribution in [-0.4, -0.2) is 37.1 Å². The minimum Gasteiger partial charge on any atom is -0.313 e. The second-order valence-electron chi connectivity index (χ2n) is 5.22. The molecule has 1 N–H and O–H groups in total. The van der Waals surface area contributed by atoms with Gasteiger partial charge in [0, 0.05) is 18.6 Å². The lowest BCUT2D eigenvalue weighted by molar-refractivity contribution is 0.287. The van der Waals surface area contributed by atoms with Gasteiger partial charge in [-0.3, -0.25) is 0 Å². The maximum Gasteiger partial charge on any atom is 0.0218 e. The van der Waals surface area contributed by atoms with E-state index in [0.29, 0.717) is 6.04 Å². The van der Waals surface area contributed by atoms with Gasteiger partial charge in [-0.2, -0.15) is 0 Å². The van der Waals surface area contributed by atoms with E-state index in [9.17, 15) is 0 Å². The van der Waals surface area contributed by atoms with Crippen LogP contribution in [0, 0.1) is 5.92 Å². The van der Waals surface area contributed by atoms with Crippen molar-refractivity contribution in [3.63, 3.8) is 0 Å². The van der Waals surface area contributed by atoms with Crippen molar-refractivity contribution in [2.24, 2.45) is 5.92 Å². The molecule has 0 radical (unpaired) electrons. The van der Waals surface area contributed by atoms with Crippen molar-refractivity contribution in [1.29, 1.82) is 0 Å². The predicted molar refractivity (Wildman–Crippen MR) is 62.6 cm³/mol. The molecule has 1 fully saturated rings. The normalized spacial score (nSPS) is 25.9. The van der Waals surface area contributed by atoms with Crippen LogP contribution in [0.5, 0.6) is 0 Å². The van der Waals surface area contributed by atoms with Crippen LogP contribution in [0.15, 0.2) is 0 Å². The molecule has 0 bridgehead atoms.